The molecule has 2 rings (SSSR count). The van der Waals surface area contributed by atoms with Crippen molar-refractivity contribution in [2.45, 2.75) is 6.54 Å². The number of carbonyl (C=O) groups is 1. The first-order valence-electron chi connectivity index (χ1n) is 6.34. The number of anilines is 2. The Kier molecular flexibility index (Phi) is 4.20. The lowest BCUT2D eigenvalue weighted by atomic mass is 10.2. The summed E-state index contributed by atoms with van der Waals surface area (Å²) >= 11 is 0. The molecule has 0 fully saturated rings. The van der Waals surface area contributed by atoms with Crippen LogP contribution >= 0.6 is 0 Å². The summed E-state index contributed by atoms with van der Waals surface area (Å²) in [5, 5.41) is 2.57. The fourth-order valence-electron chi connectivity index (χ4n) is 1.90. The van der Waals surface area contributed by atoms with Crippen molar-refractivity contribution in [2.75, 3.05) is 24.7 Å². The van der Waals surface area contributed by atoms with Crippen LogP contribution in [0.1, 0.15) is 16.1 Å². The molecule has 0 aliphatic rings. The number of hydrogen-bond donors (Lipinski definition) is 2. The van der Waals surface area contributed by atoms with E-state index in [1.54, 1.807) is 19.3 Å². The van der Waals surface area contributed by atoms with Gasteiger partial charge in [-0.15, -0.1) is 0 Å². The van der Waals surface area contributed by atoms with Crippen molar-refractivity contribution < 1.29 is 4.79 Å². The lowest BCUT2D eigenvalue weighted by molar-refractivity contribution is 0.0958. The Morgan fingerprint density at radius 3 is 2.65 bits per heavy atom. The van der Waals surface area contributed by atoms with Gasteiger partial charge >= 0.3 is 0 Å². The van der Waals surface area contributed by atoms with Crippen molar-refractivity contribution in [3.8, 4) is 0 Å². The zero-order chi connectivity index (χ0) is 14.5. The van der Waals surface area contributed by atoms with E-state index in [9.17, 15) is 4.79 Å². The molecule has 0 aliphatic carbocycles. The van der Waals surface area contributed by atoms with Gasteiger partial charge in [-0.25, -0.2) is 0 Å². The monoisotopic (exact) mass is 270 g/mol. The number of nitrogens with two attached hydrogens (primary N) is 1. The highest BCUT2D eigenvalue weighted by molar-refractivity contribution is 5.92. The van der Waals surface area contributed by atoms with E-state index < -0.39 is 0 Å². The van der Waals surface area contributed by atoms with Gasteiger partial charge in [-0.1, -0.05) is 12.1 Å². The average Bonchev–Trinajstić information content (AvgIpc) is 2.49. The first kappa shape index (κ1) is 13.9. The summed E-state index contributed by atoms with van der Waals surface area (Å²) in [6.45, 7) is 0.734. The Bertz CT molecular complexity index is 595. The number of nitrogen functional groups attached to an aromatic ring is 1. The first-order chi connectivity index (χ1) is 9.60. The maximum atomic E-state index is 11.6. The summed E-state index contributed by atoms with van der Waals surface area (Å²) in [4.78, 5) is 17.7. The number of nitrogens with one attached hydrogen (secondary N) is 1. The van der Waals surface area contributed by atoms with E-state index in [-0.39, 0.29) is 5.91 Å². The molecular weight excluding hydrogens is 252 g/mol. The highest BCUT2D eigenvalue weighted by Gasteiger charge is 2.08. The molecule has 1 amide bonds. The van der Waals surface area contributed by atoms with Gasteiger partial charge in [0.25, 0.3) is 5.91 Å². The molecule has 0 atom stereocenters. The quantitative estimate of drug-likeness (QED) is 0.829. The maximum Gasteiger partial charge on any atom is 0.269 e. The van der Waals surface area contributed by atoms with Crippen molar-refractivity contribution in [1.29, 1.82) is 0 Å². The highest BCUT2D eigenvalue weighted by Crippen LogP contribution is 2.16. The lowest BCUT2D eigenvalue weighted by Gasteiger charge is -2.19. The molecule has 0 bridgehead atoms. The second-order valence-corrected chi connectivity index (χ2v) is 4.58. The van der Waals surface area contributed by atoms with Crippen LogP contribution in [0.5, 0.6) is 0 Å². The van der Waals surface area contributed by atoms with Crippen LogP contribution in [-0.4, -0.2) is 25.0 Å². The molecule has 0 aliphatic heterocycles. The number of nitrogens with zero attached hydrogens (tertiary/aromatic N) is 2. The smallest absolute Gasteiger partial charge is 0.269 e. The maximum absolute atomic E-state index is 11.6. The SMILES string of the molecule is CNC(=O)c1cc(N(C)Cc2ccc(N)cc2)ccn1. The van der Waals surface area contributed by atoms with Crippen molar-refractivity contribution >= 4 is 17.3 Å². The molecule has 0 unspecified atom stereocenters. The summed E-state index contributed by atoms with van der Waals surface area (Å²) in [7, 11) is 3.56. The fourth-order valence-corrected chi connectivity index (χ4v) is 1.90. The van der Waals surface area contributed by atoms with E-state index >= 15 is 0 Å². The van der Waals surface area contributed by atoms with Crippen LogP contribution in [0, 0.1) is 0 Å². The number of benzene rings is 1. The standard InChI is InChI=1S/C15H18N4O/c1-17-15(20)14-9-13(7-8-18-14)19(2)10-11-3-5-12(16)6-4-11/h3-9H,10,16H2,1-2H3,(H,17,20). The lowest BCUT2D eigenvalue weighted by Crippen LogP contribution is -2.21. The normalized spacial score (nSPS) is 10.1. The Morgan fingerprint density at radius 1 is 1.30 bits per heavy atom. The molecule has 0 saturated carbocycles. The minimum absolute atomic E-state index is 0.187. The predicted octanol–water partition coefficient (Wildman–Crippen LogP) is 1.66. The highest BCUT2D eigenvalue weighted by atomic mass is 16.1. The number of carbonyl (C=O) groups excluding carboxylic acids is 1. The zero-order valence-corrected chi connectivity index (χ0v) is 11.6. The Hall–Kier alpha value is -2.56. The van der Waals surface area contributed by atoms with E-state index in [1.807, 2.05) is 37.4 Å². The number of aromatic nitrogens is 1. The fraction of sp³-hybridized carbons (Fsp3) is 0.200. The van der Waals surface area contributed by atoms with Crippen LogP contribution in [-0.2, 0) is 6.54 Å². The van der Waals surface area contributed by atoms with Gasteiger partial charge in [-0.2, -0.15) is 0 Å². The number of rotatable bonds is 4. The summed E-state index contributed by atoms with van der Waals surface area (Å²) in [6.07, 6.45) is 1.64. The summed E-state index contributed by atoms with van der Waals surface area (Å²) in [5.41, 5.74) is 8.93. The van der Waals surface area contributed by atoms with Crippen molar-refractivity contribution in [1.82, 2.24) is 10.3 Å². The first-order valence-corrected chi connectivity index (χ1v) is 6.34. The molecule has 2 aromatic rings. The van der Waals surface area contributed by atoms with E-state index in [0.717, 1.165) is 23.5 Å². The van der Waals surface area contributed by atoms with E-state index in [2.05, 4.69) is 15.2 Å². The number of pyridine rings is 1. The molecule has 3 N–H and O–H groups in total. The van der Waals surface area contributed by atoms with E-state index in [4.69, 9.17) is 5.73 Å². The molecule has 1 heterocycles. The minimum Gasteiger partial charge on any atom is -0.399 e. The van der Waals surface area contributed by atoms with Gasteiger partial charge in [0.2, 0.25) is 0 Å². The van der Waals surface area contributed by atoms with Gasteiger partial charge in [0.05, 0.1) is 0 Å². The molecular formula is C15H18N4O. The summed E-state index contributed by atoms with van der Waals surface area (Å²) in [6, 6.07) is 11.4. The van der Waals surface area contributed by atoms with Gasteiger partial charge in [0.1, 0.15) is 5.69 Å². The summed E-state index contributed by atoms with van der Waals surface area (Å²) < 4.78 is 0. The Morgan fingerprint density at radius 2 is 2.00 bits per heavy atom. The number of amides is 1. The van der Waals surface area contributed by atoms with E-state index in [1.165, 1.54) is 0 Å². The van der Waals surface area contributed by atoms with Crippen LogP contribution in [0.15, 0.2) is 42.6 Å². The van der Waals surface area contributed by atoms with Gasteiger partial charge in [0.15, 0.2) is 0 Å². The minimum atomic E-state index is -0.187. The zero-order valence-electron chi connectivity index (χ0n) is 11.6. The predicted molar refractivity (Wildman–Crippen MR) is 80.6 cm³/mol. The van der Waals surface area contributed by atoms with Crippen LogP contribution in [0.25, 0.3) is 0 Å². The third-order valence-electron chi connectivity index (χ3n) is 3.04. The molecule has 1 aromatic heterocycles. The third kappa shape index (κ3) is 3.26. The molecule has 0 spiro atoms. The number of hydrogen-bond acceptors (Lipinski definition) is 4. The van der Waals surface area contributed by atoms with Gasteiger partial charge in [-0.3, -0.25) is 9.78 Å². The van der Waals surface area contributed by atoms with Crippen LogP contribution < -0.4 is 16.0 Å². The molecule has 5 nitrogen and oxygen atoms in total. The van der Waals surface area contributed by atoms with E-state index in [0.29, 0.717) is 5.69 Å². The molecule has 0 saturated heterocycles. The molecule has 1 aromatic carbocycles. The van der Waals surface area contributed by atoms with Crippen LogP contribution in [0.2, 0.25) is 0 Å². The second-order valence-electron chi connectivity index (χ2n) is 4.58. The van der Waals surface area contributed by atoms with Crippen molar-refractivity contribution in [2.24, 2.45) is 0 Å². The molecule has 104 valence electrons. The van der Waals surface area contributed by atoms with Gasteiger partial charge in [-0.05, 0) is 29.8 Å². The largest absolute Gasteiger partial charge is 0.399 e. The Labute approximate surface area is 118 Å². The summed E-state index contributed by atoms with van der Waals surface area (Å²) in [5.74, 6) is -0.187. The topological polar surface area (TPSA) is 71.2 Å². The van der Waals surface area contributed by atoms with Gasteiger partial charge in [0, 0.05) is 38.2 Å². The Balaban J connectivity index is 2.14. The van der Waals surface area contributed by atoms with Gasteiger partial charge < -0.3 is 16.0 Å². The van der Waals surface area contributed by atoms with Crippen molar-refractivity contribution in [3.05, 3.63) is 53.9 Å². The van der Waals surface area contributed by atoms with Crippen molar-refractivity contribution in [3.63, 3.8) is 0 Å². The molecule has 5 heteroatoms. The van der Waals surface area contributed by atoms with Crippen LogP contribution in [0.4, 0.5) is 11.4 Å². The third-order valence-corrected chi connectivity index (χ3v) is 3.04. The molecule has 0 radical (unpaired) electrons. The van der Waals surface area contributed by atoms with Crippen LogP contribution in [0.3, 0.4) is 0 Å². The average molecular weight is 270 g/mol. The second kappa shape index (κ2) is 6.06. The molecule has 20 heavy (non-hydrogen) atoms.